The van der Waals surface area contributed by atoms with Gasteiger partial charge in [-0.1, -0.05) is 18.2 Å². The van der Waals surface area contributed by atoms with Crippen LogP contribution in [0.3, 0.4) is 0 Å². The second-order valence-electron chi connectivity index (χ2n) is 3.59. The summed E-state index contributed by atoms with van der Waals surface area (Å²) in [5.41, 5.74) is 1.32. The molecule has 0 unspecified atom stereocenters. The first-order valence-electron chi connectivity index (χ1n) is 4.86. The molecule has 0 aliphatic carbocycles. The molecule has 1 saturated heterocycles. The molecule has 1 N–H and O–H groups in total. The highest BCUT2D eigenvalue weighted by Gasteiger charge is 2.18. The van der Waals surface area contributed by atoms with Crippen LogP contribution in [0.1, 0.15) is 6.42 Å². The van der Waals surface area contributed by atoms with E-state index in [2.05, 4.69) is 47.6 Å². The normalized spacial score (nSPS) is 21.8. The van der Waals surface area contributed by atoms with E-state index in [4.69, 9.17) is 0 Å². The van der Waals surface area contributed by atoms with Crippen LogP contribution < -0.4 is 10.2 Å². The van der Waals surface area contributed by atoms with Gasteiger partial charge in [-0.05, 0) is 25.1 Å². The van der Waals surface area contributed by atoms with Crippen LogP contribution in [-0.4, -0.2) is 26.2 Å². The van der Waals surface area contributed by atoms with Crippen LogP contribution in [0.2, 0.25) is 0 Å². The molecule has 1 fully saturated rings. The van der Waals surface area contributed by atoms with E-state index in [1.807, 2.05) is 0 Å². The van der Waals surface area contributed by atoms with Gasteiger partial charge in [0, 0.05) is 25.3 Å². The molecule has 0 bridgehead atoms. The number of likely N-dealkylation sites (N-methyl/N-ethyl adjacent to an activating group) is 1. The van der Waals surface area contributed by atoms with E-state index < -0.39 is 0 Å². The van der Waals surface area contributed by atoms with E-state index in [0.717, 1.165) is 13.1 Å². The molecular formula is C11H16N2. The van der Waals surface area contributed by atoms with E-state index in [1.165, 1.54) is 12.1 Å². The van der Waals surface area contributed by atoms with Crippen LogP contribution in [0.25, 0.3) is 0 Å². The zero-order valence-electron chi connectivity index (χ0n) is 8.03. The average Bonchev–Trinajstić information content (AvgIpc) is 2.71. The monoisotopic (exact) mass is 176 g/mol. The van der Waals surface area contributed by atoms with Crippen LogP contribution in [0, 0.1) is 0 Å². The summed E-state index contributed by atoms with van der Waals surface area (Å²) in [7, 11) is 2.17. The Morgan fingerprint density at radius 2 is 2.08 bits per heavy atom. The number of nitrogens with zero attached hydrogens (tertiary/aromatic N) is 1. The maximum Gasteiger partial charge on any atom is 0.0423 e. The van der Waals surface area contributed by atoms with Gasteiger partial charge in [-0.15, -0.1) is 0 Å². The van der Waals surface area contributed by atoms with Gasteiger partial charge in [0.05, 0.1) is 0 Å². The van der Waals surface area contributed by atoms with Crippen molar-refractivity contribution in [3.05, 3.63) is 30.3 Å². The van der Waals surface area contributed by atoms with Gasteiger partial charge in [0.2, 0.25) is 0 Å². The van der Waals surface area contributed by atoms with Gasteiger partial charge >= 0.3 is 0 Å². The summed E-state index contributed by atoms with van der Waals surface area (Å²) in [6.07, 6.45) is 1.26. The number of para-hydroxylation sites is 1. The predicted octanol–water partition coefficient (Wildman–Crippen LogP) is 1.48. The third-order valence-corrected chi connectivity index (χ3v) is 2.75. The van der Waals surface area contributed by atoms with Crippen LogP contribution >= 0.6 is 0 Å². The first-order chi connectivity index (χ1) is 6.38. The summed E-state index contributed by atoms with van der Waals surface area (Å²) in [6.45, 7) is 2.27. The number of hydrogen-bond donors (Lipinski definition) is 1. The number of hydrogen-bond acceptors (Lipinski definition) is 2. The maximum absolute atomic E-state index is 3.38. The fourth-order valence-corrected chi connectivity index (χ4v) is 1.84. The van der Waals surface area contributed by atoms with Gasteiger partial charge in [-0.3, -0.25) is 0 Å². The minimum absolute atomic E-state index is 0.669. The Kier molecular flexibility index (Phi) is 2.50. The molecule has 0 radical (unpaired) electrons. The van der Waals surface area contributed by atoms with Gasteiger partial charge in [0.15, 0.2) is 0 Å². The molecule has 13 heavy (non-hydrogen) atoms. The molecule has 0 aromatic heterocycles. The summed E-state index contributed by atoms with van der Waals surface area (Å²) in [6, 6.07) is 11.2. The molecule has 0 saturated carbocycles. The molecule has 1 heterocycles. The largest absolute Gasteiger partial charge is 0.370 e. The van der Waals surface area contributed by atoms with Crippen molar-refractivity contribution in [2.45, 2.75) is 12.5 Å². The lowest BCUT2D eigenvalue weighted by atomic mass is 10.2. The van der Waals surface area contributed by atoms with Crippen molar-refractivity contribution in [1.29, 1.82) is 0 Å². The third-order valence-electron chi connectivity index (χ3n) is 2.75. The maximum atomic E-state index is 3.38. The van der Waals surface area contributed by atoms with E-state index in [1.54, 1.807) is 0 Å². The molecule has 0 amide bonds. The average molecular weight is 176 g/mol. The first-order valence-corrected chi connectivity index (χ1v) is 4.86. The van der Waals surface area contributed by atoms with Gasteiger partial charge in [0.25, 0.3) is 0 Å². The minimum atomic E-state index is 0.669. The summed E-state index contributed by atoms with van der Waals surface area (Å²) in [5, 5.41) is 3.38. The zero-order chi connectivity index (χ0) is 9.10. The lowest BCUT2D eigenvalue weighted by Gasteiger charge is -2.25. The predicted molar refractivity (Wildman–Crippen MR) is 56.1 cm³/mol. The molecule has 2 nitrogen and oxygen atoms in total. The van der Waals surface area contributed by atoms with E-state index in [9.17, 15) is 0 Å². The van der Waals surface area contributed by atoms with Crippen molar-refractivity contribution in [1.82, 2.24) is 5.32 Å². The standard InChI is InChI=1S/C11H16N2/c1-13(11-7-8-12-9-11)10-5-3-2-4-6-10/h2-6,11-12H,7-9H2,1H3/t11-/m0/s1. The Morgan fingerprint density at radius 3 is 2.69 bits per heavy atom. The smallest absolute Gasteiger partial charge is 0.0423 e. The van der Waals surface area contributed by atoms with Gasteiger partial charge < -0.3 is 10.2 Å². The summed E-state index contributed by atoms with van der Waals surface area (Å²) >= 11 is 0. The Labute approximate surface area is 79.6 Å². The summed E-state index contributed by atoms with van der Waals surface area (Å²) < 4.78 is 0. The molecule has 1 aliphatic rings. The summed E-state index contributed by atoms with van der Waals surface area (Å²) in [4.78, 5) is 2.36. The molecule has 70 valence electrons. The number of benzene rings is 1. The lowest BCUT2D eigenvalue weighted by molar-refractivity contribution is 0.686. The Bertz CT molecular complexity index is 252. The molecule has 1 aromatic rings. The topological polar surface area (TPSA) is 15.3 Å². The fourth-order valence-electron chi connectivity index (χ4n) is 1.84. The molecule has 2 heteroatoms. The zero-order valence-corrected chi connectivity index (χ0v) is 8.03. The molecule has 2 rings (SSSR count). The number of rotatable bonds is 2. The van der Waals surface area contributed by atoms with Gasteiger partial charge in [-0.2, -0.15) is 0 Å². The van der Waals surface area contributed by atoms with Crippen molar-refractivity contribution >= 4 is 5.69 Å². The van der Waals surface area contributed by atoms with Crippen LogP contribution in [-0.2, 0) is 0 Å². The van der Waals surface area contributed by atoms with Crippen LogP contribution in [0.4, 0.5) is 5.69 Å². The molecule has 0 spiro atoms. The third kappa shape index (κ3) is 1.83. The fraction of sp³-hybridized carbons (Fsp3) is 0.455. The quantitative estimate of drug-likeness (QED) is 0.734. The molecule has 1 aliphatic heterocycles. The van der Waals surface area contributed by atoms with Crippen molar-refractivity contribution in [3.63, 3.8) is 0 Å². The van der Waals surface area contributed by atoms with E-state index in [-0.39, 0.29) is 0 Å². The van der Waals surface area contributed by atoms with Crippen molar-refractivity contribution in [3.8, 4) is 0 Å². The molecular weight excluding hydrogens is 160 g/mol. The van der Waals surface area contributed by atoms with Gasteiger partial charge in [0.1, 0.15) is 0 Å². The lowest BCUT2D eigenvalue weighted by Crippen LogP contribution is -2.33. The SMILES string of the molecule is CN(c1ccccc1)[C@H]1CCNC1. The highest BCUT2D eigenvalue weighted by Crippen LogP contribution is 2.17. The molecule has 1 aromatic carbocycles. The summed E-state index contributed by atoms with van der Waals surface area (Å²) in [5.74, 6) is 0. The van der Waals surface area contributed by atoms with Crippen LogP contribution in [0.15, 0.2) is 30.3 Å². The molecule has 1 atom stereocenters. The van der Waals surface area contributed by atoms with E-state index >= 15 is 0 Å². The number of anilines is 1. The van der Waals surface area contributed by atoms with Crippen molar-refractivity contribution < 1.29 is 0 Å². The van der Waals surface area contributed by atoms with Crippen molar-refractivity contribution in [2.24, 2.45) is 0 Å². The Morgan fingerprint density at radius 1 is 1.31 bits per heavy atom. The van der Waals surface area contributed by atoms with Crippen molar-refractivity contribution in [2.75, 3.05) is 25.0 Å². The van der Waals surface area contributed by atoms with Gasteiger partial charge in [-0.25, -0.2) is 0 Å². The van der Waals surface area contributed by atoms with Crippen LogP contribution in [0.5, 0.6) is 0 Å². The first kappa shape index (κ1) is 8.57. The highest BCUT2D eigenvalue weighted by atomic mass is 15.2. The Balaban J connectivity index is 2.08. The minimum Gasteiger partial charge on any atom is -0.370 e. The van der Waals surface area contributed by atoms with E-state index in [0.29, 0.717) is 6.04 Å². The highest BCUT2D eigenvalue weighted by molar-refractivity contribution is 5.46. The second-order valence-corrected chi connectivity index (χ2v) is 3.59. The Hall–Kier alpha value is -1.02. The number of nitrogens with one attached hydrogen (secondary N) is 1. The second kappa shape index (κ2) is 3.79.